The summed E-state index contributed by atoms with van der Waals surface area (Å²) in [4.78, 5) is 47.5. The summed E-state index contributed by atoms with van der Waals surface area (Å²) in [6, 6.07) is 12.3. The van der Waals surface area contributed by atoms with Crippen LogP contribution in [-0.4, -0.2) is 51.7 Å². The fourth-order valence-electron chi connectivity index (χ4n) is 3.24. The van der Waals surface area contributed by atoms with Gasteiger partial charge in [0, 0.05) is 29.4 Å². The third kappa shape index (κ3) is 6.03. The highest BCUT2D eigenvalue weighted by Crippen LogP contribution is 2.23. The Hall–Kier alpha value is -4.74. The second kappa shape index (κ2) is 10.7. The van der Waals surface area contributed by atoms with Crippen molar-refractivity contribution in [2.24, 2.45) is 0 Å². The zero-order chi connectivity index (χ0) is 25.7. The average Bonchev–Trinajstić information content (AvgIpc) is 3.58. The highest BCUT2D eigenvalue weighted by molar-refractivity contribution is 5.98. The number of esters is 1. The van der Waals surface area contributed by atoms with Crippen molar-refractivity contribution >= 4 is 29.2 Å². The molecule has 1 heterocycles. The molecule has 1 aromatic heterocycles. The normalized spacial score (nSPS) is 12.5. The number of rotatable bonds is 10. The van der Waals surface area contributed by atoms with E-state index in [1.807, 2.05) is 0 Å². The van der Waals surface area contributed by atoms with Gasteiger partial charge in [-0.05, 0) is 50.1 Å². The van der Waals surface area contributed by atoms with E-state index in [0.717, 1.165) is 12.8 Å². The molecule has 4 rings (SSSR count). The average molecular weight is 493 g/mol. The molecule has 3 aromatic rings. The SMILES string of the molecule is CCOC(=O)c1nn(-c2ccc([N+](=O)[O-])cc2)cc1OCC(=O)Nc1cccc(C(=O)NC2CC2)c1. The lowest BCUT2D eigenvalue weighted by molar-refractivity contribution is -0.384. The first-order chi connectivity index (χ1) is 17.3. The van der Waals surface area contributed by atoms with Gasteiger partial charge in [-0.25, -0.2) is 9.48 Å². The topological polar surface area (TPSA) is 155 Å². The molecule has 12 heteroatoms. The summed E-state index contributed by atoms with van der Waals surface area (Å²) in [5.74, 6) is -1.47. The molecule has 36 heavy (non-hydrogen) atoms. The second-order valence-corrected chi connectivity index (χ2v) is 7.95. The van der Waals surface area contributed by atoms with Crippen molar-refractivity contribution < 1.29 is 28.8 Å². The second-order valence-electron chi connectivity index (χ2n) is 7.95. The summed E-state index contributed by atoms with van der Waals surface area (Å²) >= 11 is 0. The first-order valence-electron chi connectivity index (χ1n) is 11.2. The summed E-state index contributed by atoms with van der Waals surface area (Å²) in [6.45, 7) is 1.29. The van der Waals surface area contributed by atoms with Crippen molar-refractivity contribution in [2.75, 3.05) is 18.5 Å². The number of anilines is 1. The molecule has 0 radical (unpaired) electrons. The molecule has 1 aliphatic carbocycles. The molecule has 2 aromatic carbocycles. The zero-order valence-corrected chi connectivity index (χ0v) is 19.3. The Labute approximate surface area is 205 Å². The summed E-state index contributed by atoms with van der Waals surface area (Å²) in [7, 11) is 0. The lowest BCUT2D eigenvalue weighted by Crippen LogP contribution is -2.25. The van der Waals surface area contributed by atoms with Crippen LogP contribution in [0.4, 0.5) is 11.4 Å². The van der Waals surface area contributed by atoms with Gasteiger partial charge in [0.15, 0.2) is 12.4 Å². The van der Waals surface area contributed by atoms with E-state index in [4.69, 9.17) is 9.47 Å². The number of nitrogens with zero attached hydrogens (tertiary/aromatic N) is 3. The molecule has 186 valence electrons. The van der Waals surface area contributed by atoms with E-state index in [0.29, 0.717) is 16.9 Å². The zero-order valence-electron chi connectivity index (χ0n) is 19.3. The Bertz CT molecular complexity index is 1300. The van der Waals surface area contributed by atoms with Gasteiger partial charge in [0.25, 0.3) is 17.5 Å². The minimum atomic E-state index is -0.747. The van der Waals surface area contributed by atoms with Gasteiger partial charge in [0.2, 0.25) is 5.69 Å². The van der Waals surface area contributed by atoms with Crippen LogP contribution in [0.1, 0.15) is 40.6 Å². The van der Waals surface area contributed by atoms with Gasteiger partial charge < -0.3 is 20.1 Å². The van der Waals surface area contributed by atoms with Gasteiger partial charge in [0.05, 0.1) is 23.4 Å². The van der Waals surface area contributed by atoms with Crippen LogP contribution in [0.2, 0.25) is 0 Å². The van der Waals surface area contributed by atoms with E-state index in [1.165, 1.54) is 35.1 Å². The molecule has 0 saturated heterocycles. The molecule has 0 aliphatic heterocycles. The van der Waals surface area contributed by atoms with Crippen molar-refractivity contribution in [3.63, 3.8) is 0 Å². The van der Waals surface area contributed by atoms with Crippen LogP contribution in [0, 0.1) is 10.1 Å². The van der Waals surface area contributed by atoms with Gasteiger partial charge in [-0.2, -0.15) is 5.10 Å². The van der Waals surface area contributed by atoms with E-state index in [-0.39, 0.29) is 35.7 Å². The Morgan fingerprint density at radius 3 is 2.58 bits per heavy atom. The van der Waals surface area contributed by atoms with E-state index in [2.05, 4.69) is 15.7 Å². The number of aromatic nitrogens is 2. The van der Waals surface area contributed by atoms with E-state index in [1.54, 1.807) is 31.2 Å². The van der Waals surface area contributed by atoms with Gasteiger partial charge in [0.1, 0.15) is 0 Å². The standard InChI is InChI=1S/C24H23N5O7/c1-2-35-24(32)22-20(13-28(27-22)18-8-10-19(11-9-18)29(33)34)36-14-21(30)25-17-5-3-4-15(12-17)23(31)26-16-6-7-16/h3-5,8-13,16H,2,6-7,14H2,1H3,(H,25,30)(H,26,31). The number of hydrogen-bond acceptors (Lipinski definition) is 8. The quantitative estimate of drug-likeness (QED) is 0.248. The molecule has 1 saturated carbocycles. The van der Waals surface area contributed by atoms with E-state index >= 15 is 0 Å². The Balaban J connectivity index is 1.45. The predicted molar refractivity (Wildman–Crippen MR) is 127 cm³/mol. The number of benzene rings is 2. The monoisotopic (exact) mass is 493 g/mol. The number of nitro groups is 1. The first-order valence-corrected chi connectivity index (χ1v) is 11.2. The molecular weight excluding hydrogens is 470 g/mol. The van der Waals surface area contributed by atoms with Gasteiger partial charge >= 0.3 is 5.97 Å². The molecule has 0 atom stereocenters. The van der Waals surface area contributed by atoms with Crippen molar-refractivity contribution in [2.45, 2.75) is 25.8 Å². The molecular formula is C24H23N5O7. The molecule has 1 fully saturated rings. The number of nitro benzene ring substituents is 1. The van der Waals surface area contributed by atoms with Crippen LogP contribution in [0.5, 0.6) is 5.75 Å². The highest BCUT2D eigenvalue weighted by atomic mass is 16.6. The van der Waals surface area contributed by atoms with E-state index in [9.17, 15) is 24.5 Å². The largest absolute Gasteiger partial charge is 0.480 e. The number of non-ortho nitro benzene ring substituents is 1. The third-order valence-corrected chi connectivity index (χ3v) is 5.15. The molecule has 1 aliphatic rings. The number of amides is 2. The lowest BCUT2D eigenvalue weighted by atomic mass is 10.2. The fourth-order valence-corrected chi connectivity index (χ4v) is 3.24. The van der Waals surface area contributed by atoms with E-state index < -0.39 is 23.4 Å². The van der Waals surface area contributed by atoms with Gasteiger partial charge in [-0.15, -0.1) is 0 Å². The minimum Gasteiger partial charge on any atom is -0.480 e. The van der Waals surface area contributed by atoms with Crippen LogP contribution >= 0.6 is 0 Å². The molecule has 0 bridgehead atoms. The molecule has 0 spiro atoms. The summed E-state index contributed by atoms with van der Waals surface area (Å²) < 4.78 is 11.9. The van der Waals surface area contributed by atoms with Crippen LogP contribution in [-0.2, 0) is 9.53 Å². The van der Waals surface area contributed by atoms with Crippen molar-refractivity contribution in [3.05, 3.63) is 76.1 Å². The Morgan fingerprint density at radius 2 is 1.92 bits per heavy atom. The van der Waals surface area contributed by atoms with Crippen LogP contribution in [0.25, 0.3) is 5.69 Å². The molecule has 12 nitrogen and oxygen atoms in total. The lowest BCUT2D eigenvalue weighted by Gasteiger charge is -2.09. The third-order valence-electron chi connectivity index (χ3n) is 5.15. The van der Waals surface area contributed by atoms with Crippen molar-refractivity contribution in [3.8, 4) is 11.4 Å². The maximum atomic E-state index is 12.5. The summed E-state index contributed by atoms with van der Waals surface area (Å²) in [6.07, 6.45) is 3.31. The fraction of sp³-hybridized carbons (Fsp3) is 0.250. The summed E-state index contributed by atoms with van der Waals surface area (Å²) in [5.41, 5.74) is 1.03. The van der Waals surface area contributed by atoms with Crippen LogP contribution in [0.3, 0.4) is 0 Å². The van der Waals surface area contributed by atoms with Crippen LogP contribution < -0.4 is 15.4 Å². The number of nitrogens with one attached hydrogen (secondary N) is 2. The van der Waals surface area contributed by atoms with Crippen molar-refractivity contribution in [1.29, 1.82) is 0 Å². The first kappa shape index (κ1) is 24.4. The molecule has 2 amide bonds. The number of carbonyl (C=O) groups excluding carboxylic acids is 3. The molecule has 2 N–H and O–H groups in total. The number of carbonyl (C=O) groups is 3. The minimum absolute atomic E-state index is 0.000449. The van der Waals surface area contributed by atoms with Gasteiger partial charge in [-0.3, -0.25) is 19.7 Å². The Kier molecular flexibility index (Phi) is 7.23. The maximum Gasteiger partial charge on any atom is 0.362 e. The molecule has 0 unspecified atom stereocenters. The maximum absolute atomic E-state index is 12.5. The summed E-state index contributed by atoms with van der Waals surface area (Å²) in [5, 5.41) is 20.6. The van der Waals surface area contributed by atoms with Crippen molar-refractivity contribution in [1.82, 2.24) is 15.1 Å². The number of ether oxygens (including phenoxy) is 2. The Morgan fingerprint density at radius 1 is 1.17 bits per heavy atom. The highest BCUT2D eigenvalue weighted by Gasteiger charge is 2.24. The smallest absolute Gasteiger partial charge is 0.362 e. The van der Waals surface area contributed by atoms with Crippen LogP contribution in [0.15, 0.2) is 54.7 Å². The van der Waals surface area contributed by atoms with Gasteiger partial charge in [-0.1, -0.05) is 6.07 Å². The predicted octanol–water partition coefficient (Wildman–Crippen LogP) is 2.87. The number of hydrogen-bond donors (Lipinski definition) is 2.